The molecule has 0 atom stereocenters. The molecule has 90 valence electrons. The molecule has 1 fully saturated rings. The van der Waals surface area contributed by atoms with Gasteiger partial charge in [-0.15, -0.1) is 0 Å². The third-order valence-corrected chi connectivity index (χ3v) is 2.75. The van der Waals surface area contributed by atoms with E-state index in [0.717, 1.165) is 32.7 Å². The summed E-state index contributed by atoms with van der Waals surface area (Å²) >= 11 is 0. The molecule has 6 heteroatoms. The van der Waals surface area contributed by atoms with Gasteiger partial charge in [0, 0.05) is 38.8 Å². The van der Waals surface area contributed by atoms with Crippen LogP contribution in [0.1, 0.15) is 0 Å². The van der Waals surface area contributed by atoms with E-state index in [1.165, 1.54) is 6.08 Å². The van der Waals surface area contributed by atoms with Gasteiger partial charge in [-0.05, 0) is 6.82 Å². The summed E-state index contributed by atoms with van der Waals surface area (Å²) in [4.78, 5) is 15.0. The number of ether oxygens (including phenoxy) is 1. The van der Waals surface area contributed by atoms with Crippen molar-refractivity contribution in [3.63, 3.8) is 0 Å². The molecule has 1 heterocycles. The molecule has 16 heavy (non-hydrogen) atoms. The summed E-state index contributed by atoms with van der Waals surface area (Å²) in [6, 6.07) is 0. The van der Waals surface area contributed by atoms with Crippen molar-refractivity contribution in [2.75, 3.05) is 39.3 Å². The maximum atomic E-state index is 10.8. The second-order valence-corrected chi connectivity index (χ2v) is 3.88. The molecule has 0 aromatic carbocycles. The predicted molar refractivity (Wildman–Crippen MR) is 63.0 cm³/mol. The summed E-state index contributed by atoms with van der Waals surface area (Å²) < 4.78 is 4.91. The van der Waals surface area contributed by atoms with Crippen molar-refractivity contribution in [3.8, 4) is 0 Å². The molecule has 1 aliphatic rings. The van der Waals surface area contributed by atoms with E-state index in [4.69, 9.17) is 4.74 Å². The van der Waals surface area contributed by atoms with Gasteiger partial charge in [-0.1, -0.05) is 6.58 Å². The molecular weight excluding hydrogens is 207 g/mol. The molecule has 0 saturated carbocycles. The highest BCUT2D eigenvalue weighted by Crippen LogP contribution is 2.02. The van der Waals surface area contributed by atoms with Gasteiger partial charge in [0.15, 0.2) is 0 Å². The summed E-state index contributed by atoms with van der Waals surface area (Å²) in [5.41, 5.74) is 0. The molecule has 0 radical (unpaired) electrons. The van der Waals surface area contributed by atoms with Crippen molar-refractivity contribution in [3.05, 3.63) is 12.7 Å². The van der Waals surface area contributed by atoms with E-state index in [1.54, 1.807) is 6.82 Å². The average Bonchev–Trinajstić information content (AvgIpc) is 2.29. The fourth-order valence-corrected chi connectivity index (χ4v) is 1.69. The molecule has 0 aromatic rings. The van der Waals surface area contributed by atoms with Gasteiger partial charge in [0.1, 0.15) is 6.61 Å². The monoisotopic (exact) mass is 226 g/mol. The normalized spacial score (nSPS) is 18.1. The molecule has 1 aliphatic heterocycles. The Hall–Kier alpha value is -0.845. The van der Waals surface area contributed by atoms with Crippen LogP contribution >= 0.6 is 0 Å². The minimum absolute atomic E-state index is 0.373. The summed E-state index contributed by atoms with van der Waals surface area (Å²) in [7, 11) is -0.374. The zero-order valence-electron chi connectivity index (χ0n) is 9.76. The molecule has 0 aromatic heterocycles. The Labute approximate surface area is 96.8 Å². The van der Waals surface area contributed by atoms with Crippen LogP contribution in [-0.2, 0) is 9.53 Å². The van der Waals surface area contributed by atoms with Crippen molar-refractivity contribution in [1.29, 1.82) is 0 Å². The largest absolute Gasteiger partial charge is 0.461 e. The van der Waals surface area contributed by atoms with Gasteiger partial charge in [0.25, 0.3) is 0 Å². The molecular formula is C10H19BN2O3. The van der Waals surface area contributed by atoms with Crippen LogP contribution < -0.4 is 0 Å². The van der Waals surface area contributed by atoms with Crippen molar-refractivity contribution >= 4 is 13.0 Å². The molecule has 5 nitrogen and oxygen atoms in total. The first-order valence-electron chi connectivity index (χ1n) is 5.57. The Morgan fingerprint density at radius 1 is 1.50 bits per heavy atom. The van der Waals surface area contributed by atoms with Gasteiger partial charge in [-0.2, -0.15) is 0 Å². The maximum absolute atomic E-state index is 10.8. The van der Waals surface area contributed by atoms with Gasteiger partial charge in [0.05, 0.1) is 0 Å². The second-order valence-electron chi connectivity index (χ2n) is 3.88. The predicted octanol–water partition coefficient (Wildman–Crippen LogP) is -0.556. The first kappa shape index (κ1) is 13.2. The molecule has 0 spiro atoms. The topological polar surface area (TPSA) is 53.0 Å². The number of rotatable bonds is 5. The Kier molecular flexibility index (Phi) is 5.52. The SMILES string of the molecule is C=CC(=O)OCCN1CCN(B(C)O)CC1. The zero-order chi connectivity index (χ0) is 12.0. The van der Waals surface area contributed by atoms with Crippen LogP contribution in [0, 0.1) is 0 Å². The lowest BCUT2D eigenvalue weighted by atomic mass is 9.84. The van der Waals surface area contributed by atoms with Crippen LogP contribution in [0.4, 0.5) is 0 Å². The lowest BCUT2D eigenvalue weighted by molar-refractivity contribution is -0.138. The smallest absolute Gasteiger partial charge is 0.376 e. The molecule has 0 aliphatic carbocycles. The molecule has 1 N–H and O–H groups in total. The number of carbonyl (C=O) groups excluding carboxylic acids is 1. The molecule has 0 bridgehead atoms. The maximum Gasteiger partial charge on any atom is 0.376 e. The van der Waals surface area contributed by atoms with Crippen molar-refractivity contribution in [2.24, 2.45) is 0 Å². The Balaban J connectivity index is 2.12. The first-order valence-corrected chi connectivity index (χ1v) is 5.57. The third kappa shape index (κ3) is 4.34. The van der Waals surface area contributed by atoms with Gasteiger partial charge >= 0.3 is 13.0 Å². The number of hydrogen-bond acceptors (Lipinski definition) is 5. The van der Waals surface area contributed by atoms with Crippen LogP contribution in [0.3, 0.4) is 0 Å². The van der Waals surface area contributed by atoms with E-state index in [-0.39, 0.29) is 13.0 Å². The van der Waals surface area contributed by atoms with Crippen LogP contribution in [-0.4, -0.2) is 67.1 Å². The van der Waals surface area contributed by atoms with Crippen molar-refractivity contribution in [2.45, 2.75) is 6.82 Å². The average molecular weight is 226 g/mol. The van der Waals surface area contributed by atoms with Crippen LogP contribution in [0.15, 0.2) is 12.7 Å². The summed E-state index contributed by atoms with van der Waals surface area (Å²) in [6.45, 7) is 9.76. The van der Waals surface area contributed by atoms with Crippen LogP contribution in [0.25, 0.3) is 0 Å². The Morgan fingerprint density at radius 3 is 2.62 bits per heavy atom. The molecule has 0 unspecified atom stereocenters. The van der Waals surface area contributed by atoms with Crippen LogP contribution in [0.2, 0.25) is 6.82 Å². The van der Waals surface area contributed by atoms with Gasteiger partial charge < -0.3 is 14.6 Å². The third-order valence-electron chi connectivity index (χ3n) is 2.75. The highest BCUT2D eigenvalue weighted by Gasteiger charge is 2.21. The van der Waals surface area contributed by atoms with E-state index in [0.29, 0.717) is 6.61 Å². The lowest BCUT2D eigenvalue weighted by Crippen LogP contribution is -2.52. The minimum atomic E-state index is -0.374. The van der Waals surface area contributed by atoms with Gasteiger partial charge in [-0.25, -0.2) is 4.79 Å². The van der Waals surface area contributed by atoms with E-state index in [2.05, 4.69) is 11.5 Å². The van der Waals surface area contributed by atoms with Crippen molar-refractivity contribution in [1.82, 2.24) is 9.71 Å². The Morgan fingerprint density at radius 2 is 2.12 bits per heavy atom. The highest BCUT2D eigenvalue weighted by molar-refractivity contribution is 6.45. The molecule has 1 rings (SSSR count). The van der Waals surface area contributed by atoms with E-state index in [1.807, 2.05) is 4.81 Å². The molecule has 1 saturated heterocycles. The quantitative estimate of drug-likeness (QED) is 0.387. The fourth-order valence-electron chi connectivity index (χ4n) is 1.69. The highest BCUT2D eigenvalue weighted by atomic mass is 16.5. The lowest BCUT2D eigenvalue weighted by Gasteiger charge is -2.35. The number of hydrogen-bond donors (Lipinski definition) is 1. The van der Waals surface area contributed by atoms with E-state index < -0.39 is 0 Å². The standard InChI is InChI=1S/C10H19BN2O3/c1-3-10(14)16-9-8-12-4-6-13(7-5-12)11(2)15/h3,15H,1,4-9H2,2H3. The zero-order valence-corrected chi connectivity index (χ0v) is 9.76. The van der Waals surface area contributed by atoms with Crippen molar-refractivity contribution < 1.29 is 14.6 Å². The summed E-state index contributed by atoms with van der Waals surface area (Å²) in [5, 5.41) is 9.37. The van der Waals surface area contributed by atoms with Crippen LogP contribution in [0.5, 0.6) is 0 Å². The Bertz CT molecular complexity index is 240. The summed E-state index contributed by atoms with van der Waals surface area (Å²) in [5.74, 6) is -0.373. The van der Waals surface area contributed by atoms with Gasteiger partial charge in [0.2, 0.25) is 0 Å². The van der Waals surface area contributed by atoms with E-state index in [9.17, 15) is 9.82 Å². The number of carbonyl (C=O) groups is 1. The first-order chi connectivity index (χ1) is 7.63. The van der Waals surface area contributed by atoms with Gasteiger partial charge in [-0.3, -0.25) is 4.90 Å². The second kappa shape index (κ2) is 6.68. The fraction of sp³-hybridized carbons (Fsp3) is 0.700. The number of nitrogens with zero attached hydrogens (tertiary/aromatic N) is 2. The number of esters is 1. The molecule has 0 amide bonds. The minimum Gasteiger partial charge on any atom is -0.461 e. The van der Waals surface area contributed by atoms with E-state index >= 15 is 0 Å². The summed E-state index contributed by atoms with van der Waals surface area (Å²) in [6.07, 6.45) is 1.17. The number of piperazine rings is 1.